The molecule has 1 aliphatic rings. The minimum Gasteiger partial charge on any atom is -0.451 e. The first-order valence-corrected chi connectivity index (χ1v) is 22.4. The second-order valence-electron chi connectivity index (χ2n) is 19.2. The van der Waals surface area contributed by atoms with Gasteiger partial charge in [0.15, 0.2) is 24.1 Å². The Bertz CT molecular complexity index is 1740. The molecule has 1 aromatic carbocycles. The van der Waals surface area contributed by atoms with Crippen LogP contribution >= 0.6 is 0 Å². The van der Waals surface area contributed by atoms with E-state index in [1.54, 1.807) is 6.92 Å². The summed E-state index contributed by atoms with van der Waals surface area (Å²) in [5, 5.41) is 0. The average Bonchev–Trinajstić information content (AvgIpc) is 3.20. The molecule has 1 aliphatic heterocycles. The number of nitrogens with zero attached hydrogens (tertiary/aromatic N) is 4. The summed E-state index contributed by atoms with van der Waals surface area (Å²) in [5.41, 5.74) is 1.65. The molecular weight excluding hydrogens is 809 g/mol. The van der Waals surface area contributed by atoms with Crippen molar-refractivity contribution in [2.45, 2.75) is 164 Å². The molecule has 1 aromatic rings. The van der Waals surface area contributed by atoms with E-state index >= 15 is 0 Å². The summed E-state index contributed by atoms with van der Waals surface area (Å²) < 4.78 is 17.6. The highest BCUT2D eigenvalue weighted by molar-refractivity contribution is 5.96. The van der Waals surface area contributed by atoms with Crippen LogP contribution in [0.1, 0.15) is 119 Å². The van der Waals surface area contributed by atoms with Crippen molar-refractivity contribution in [2.75, 3.05) is 28.2 Å². The van der Waals surface area contributed by atoms with Crippen LogP contribution in [0.15, 0.2) is 24.3 Å². The monoisotopic (exact) mass is 885 g/mol. The lowest BCUT2D eigenvalue weighted by atomic mass is 9.92. The highest BCUT2D eigenvalue weighted by Gasteiger charge is 2.41. The minimum absolute atomic E-state index is 0.0424. The summed E-state index contributed by atoms with van der Waals surface area (Å²) in [4.78, 5) is 118. The van der Waals surface area contributed by atoms with Gasteiger partial charge in [-0.25, -0.2) is 14.4 Å². The number of hydrogen-bond acceptors (Lipinski definition) is 11. The molecule has 4 amide bonds. The van der Waals surface area contributed by atoms with Crippen LogP contribution < -0.4 is 0 Å². The number of cyclic esters (lactones) is 3. The maximum atomic E-state index is 14.6. The van der Waals surface area contributed by atoms with E-state index in [0.717, 1.165) is 10.5 Å². The van der Waals surface area contributed by atoms with Gasteiger partial charge in [0.2, 0.25) is 5.91 Å². The molecule has 1 fully saturated rings. The van der Waals surface area contributed by atoms with Crippen LogP contribution in [0.2, 0.25) is 0 Å². The van der Waals surface area contributed by atoms with Gasteiger partial charge in [-0.1, -0.05) is 92.1 Å². The van der Waals surface area contributed by atoms with E-state index in [9.17, 15) is 38.4 Å². The van der Waals surface area contributed by atoms with Gasteiger partial charge in [-0.3, -0.25) is 24.0 Å². The lowest BCUT2D eigenvalue weighted by Crippen LogP contribution is -2.54. The van der Waals surface area contributed by atoms with E-state index in [-0.39, 0.29) is 68.0 Å². The van der Waals surface area contributed by atoms with E-state index in [4.69, 9.17) is 14.2 Å². The average molecular weight is 885 g/mol. The number of carbonyl (C=O) groups excluding carboxylic acids is 8. The largest absolute Gasteiger partial charge is 0.451 e. The van der Waals surface area contributed by atoms with E-state index in [1.807, 2.05) is 86.6 Å². The van der Waals surface area contributed by atoms with Crippen molar-refractivity contribution in [2.24, 2.45) is 29.6 Å². The Morgan fingerprint density at radius 1 is 0.492 bits per heavy atom. The topological polar surface area (TPSA) is 177 Å². The van der Waals surface area contributed by atoms with E-state index in [1.165, 1.54) is 56.7 Å². The van der Waals surface area contributed by atoms with E-state index in [0.29, 0.717) is 5.56 Å². The van der Waals surface area contributed by atoms with Crippen LogP contribution in [0.4, 0.5) is 0 Å². The van der Waals surface area contributed by atoms with E-state index in [2.05, 4.69) is 0 Å². The van der Waals surface area contributed by atoms with Crippen LogP contribution in [-0.4, -0.2) is 138 Å². The molecule has 0 radical (unpaired) electrons. The van der Waals surface area contributed by atoms with Gasteiger partial charge < -0.3 is 33.8 Å². The normalized spacial score (nSPS) is 26.5. The van der Waals surface area contributed by atoms with Gasteiger partial charge in [0.25, 0.3) is 17.7 Å². The van der Waals surface area contributed by atoms with Crippen LogP contribution in [0.25, 0.3) is 0 Å². The molecule has 8 atom stereocenters. The number of ketones is 1. The Hall–Kier alpha value is -4.82. The Morgan fingerprint density at radius 3 is 1.22 bits per heavy atom. The third-order valence-corrected chi connectivity index (χ3v) is 11.5. The Labute approximate surface area is 375 Å². The van der Waals surface area contributed by atoms with Gasteiger partial charge in [-0.15, -0.1) is 0 Å². The summed E-state index contributed by atoms with van der Waals surface area (Å²) in [5.74, 6) is -6.84. The van der Waals surface area contributed by atoms with Gasteiger partial charge in [0, 0.05) is 47.0 Å². The number of Topliss-reactive ketones (excluding diaryl/α,β-unsaturated/α-hetero) is 1. The quantitative estimate of drug-likeness (QED) is 0.217. The summed E-state index contributed by atoms with van der Waals surface area (Å²) in [7, 11) is 5.71. The molecule has 8 unspecified atom stereocenters. The van der Waals surface area contributed by atoms with Gasteiger partial charge in [0.05, 0.1) is 6.04 Å². The van der Waals surface area contributed by atoms with Gasteiger partial charge >= 0.3 is 17.9 Å². The van der Waals surface area contributed by atoms with Crippen LogP contribution in [0.5, 0.6) is 0 Å². The molecule has 1 heterocycles. The SMILES string of the molecule is Cc1ccc(CC2OC(=O)C(CC(C)C)N(C)C(=O)C(C)CC(=O)C(CC(C)C)N(C)C(=O)C(C)OC(=O)C(CC(C)C)N(C)C(=O)C(C)OC(=O)C(CC(C)C)N(C)C2=O)cc1. The highest BCUT2D eigenvalue weighted by Crippen LogP contribution is 2.24. The van der Waals surface area contributed by atoms with Crippen molar-refractivity contribution in [3.63, 3.8) is 0 Å². The predicted octanol–water partition coefficient (Wildman–Crippen LogP) is 5.41. The number of hydrogen-bond donors (Lipinski definition) is 0. The zero-order valence-electron chi connectivity index (χ0n) is 40.8. The number of esters is 3. The smallest absolute Gasteiger partial charge is 0.329 e. The summed E-state index contributed by atoms with van der Waals surface area (Å²) in [6.45, 7) is 21.2. The van der Waals surface area contributed by atoms with Crippen molar-refractivity contribution in [3.05, 3.63) is 35.4 Å². The van der Waals surface area contributed by atoms with Crippen molar-refractivity contribution in [1.29, 1.82) is 0 Å². The third-order valence-electron chi connectivity index (χ3n) is 11.5. The van der Waals surface area contributed by atoms with Crippen LogP contribution in [0, 0.1) is 36.5 Å². The minimum atomic E-state index is -1.43. The standard InChI is InChI=1S/C48H76N4O11/c1-27(2)21-36-40(53)25-32(10)42(54)50(14)39(24-30(7)8)48(60)63-41(26-35-19-17-31(9)18-20-35)45(57)52(16)38(23-29(5)6)47(59)62-34(12)44(56)51(15)37(22-28(3)4)46(58)61-33(11)43(55)49(36)13/h17-20,27-30,32-34,36-39,41H,21-26H2,1-16H3. The van der Waals surface area contributed by atoms with Crippen molar-refractivity contribution in [3.8, 4) is 0 Å². The van der Waals surface area contributed by atoms with Gasteiger partial charge in [-0.05, 0) is 75.7 Å². The summed E-state index contributed by atoms with van der Waals surface area (Å²) in [6, 6.07) is 2.84. The van der Waals surface area contributed by atoms with Crippen molar-refractivity contribution in [1.82, 2.24) is 19.6 Å². The third kappa shape index (κ3) is 15.7. The fourth-order valence-electron chi connectivity index (χ4n) is 7.76. The summed E-state index contributed by atoms with van der Waals surface area (Å²) >= 11 is 0. The van der Waals surface area contributed by atoms with Gasteiger partial charge in [0.1, 0.15) is 18.1 Å². The number of likely N-dealkylation sites (N-methyl/N-ethyl adjacent to an activating group) is 4. The fraction of sp³-hybridized carbons (Fsp3) is 0.708. The molecule has 0 N–H and O–H groups in total. The Balaban J connectivity index is 2.81. The lowest BCUT2D eigenvalue weighted by Gasteiger charge is -2.35. The molecular formula is C48H76N4O11. The molecule has 63 heavy (non-hydrogen) atoms. The molecule has 354 valence electrons. The number of aryl methyl sites for hydroxylation is 1. The molecule has 15 heteroatoms. The molecule has 15 nitrogen and oxygen atoms in total. The maximum Gasteiger partial charge on any atom is 0.329 e. The van der Waals surface area contributed by atoms with Crippen LogP contribution in [0.3, 0.4) is 0 Å². The van der Waals surface area contributed by atoms with Crippen LogP contribution in [-0.2, 0) is 59.0 Å². The molecule has 0 bridgehead atoms. The number of carbonyl (C=O) groups is 8. The zero-order valence-corrected chi connectivity index (χ0v) is 40.8. The van der Waals surface area contributed by atoms with Crippen molar-refractivity contribution < 1.29 is 52.6 Å². The number of rotatable bonds is 10. The second-order valence-corrected chi connectivity index (χ2v) is 19.2. The highest BCUT2D eigenvalue weighted by atomic mass is 16.6. The Morgan fingerprint density at radius 2 is 0.825 bits per heavy atom. The molecule has 0 saturated carbocycles. The first-order valence-electron chi connectivity index (χ1n) is 22.4. The van der Waals surface area contributed by atoms with Gasteiger partial charge in [-0.2, -0.15) is 0 Å². The number of ether oxygens (including phenoxy) is 3. The molecule has 2 rings (SSSR count). The first-order chi connectivity index (χ1) is 29.2. The molecule has 0 aliphatic carbocycles. The first kappa shape index (κ1) is 54.3. The molecule has 0 spiro atoms. The second kappa shape index (κ2) is 24.3. The number of amides is 4. The maximum absolute atomic E-state index is 14.6. The zero-order chi connectivity index (χ0) is 48.2. The molecule has 0 aromatic heterocycles. The number of benzene rings is 1. The van der Waals surface area contributed by atoms with Crippen molar-refractivity contribution >= 4 is 47.3 Å². The predicted molar refractivity (Wildman–Crippen MR) is 239 cm³/mol. The fourth-order valence-corrected chi connectivity index (χ4v) is 7.76. The summed E-state index contributed by atoms with van der Waals surface area (Å²) in [6.07, 6.45) is -3.79. The van der Waals surface area contributed by atoms with E-state index < -0.39 is 89.9 Å². The molecule has 1 saturated heterocycles. The lowest BCUT2D eigenvalue weighted by molar-refractivity contribution is -0.173. The Kier molecular flexibility index (Phi) is 20.9.